The molecule has 1 rings (SSSR count). The summed E-state index contributed by atoms with van der Waals surface area (Å²) in [6, 6.07) is -1.47. The van der Waals surface area contributed by atoms with Gasteiger partial charge in [-0.3, -0.25) is 9.59 Å². The zero-order chi connectivity index (χ0) is 12.8. The smallest absolute Gasteiger partial charge is 0.326 e. The van der Waals surface area contributed by atoms with Gasteiger partial charge in [0, 0.05) is 6.42 Å². The molecule has 0 aliphatic carbocycles. The Morgan fingerprint density at radius 2 is 2.35 bits per heavy atom. The Morgan fingerprint density at radius 3 is 2.82 bits per heavy atom. The van der Waals surface area contributed by atoms with Gasteiger partial charge in [0.2, 0.25) is 11.8 Å². The number of carboxylic acids is 1. The van der Waals surface area contributed by atoms with Crippen molar-refractivity contribution < 1.29 is 19.5 Å². The van der Waals surface area contributed by atoms with E-state index in [9.17, 15) is 14.4 Å². The highest BCUT2D eigenvalue weighted by molar-refractivity contribution is 7.98. The third kappa shape index (κ3) is 4.26. The van der Waals surface area contributed by atoms with Crippen LogP contribution in [0.15, 0.2) is 0 Å². The van der Waals surface area contributed by atoms with E-state index in [0.717, 1.165) is 0 Å². The molecule has 1 aliphatic rings. The maximum atomic E-state index is 11.7. The second-order valence-electron chi connectivity index (χ2n) is 3.84. The lowest BCUT2D eigenvalue weighted by molar-refractivity contribution is -0.142. The summed E-state index contributed by atoms with van der Waals surface area (Å²) in [4.78, 5) is 33.5. The van der Waals surface area contributed by atoms with Gasteiger partial charge >= 0.3 is 5.97 Å². The molecule has 2 atom stereocenters. The molecule has 1 aliphatic heterocycles. The van der Waals surface area contributed by atoms with Gasteiger partial charge in [0.05, 0.1) is 0 Å². The second kappa shape index (κ2) is 6.48. The first-order chi connectivity index (χ1) is 8.04. The molecular formula is C10H16N2O4S. The first kappa shape index (κ1) is 13.8. The fourth-order valence-corrected chi connectivity index (χ4v) is 2.05. The number of amides is 2. The van der Waals surface area contributed by atoms with Gasteiger partial charge < -0.3 is 15.7 Å². The molecule has 0 unspecified atom stereocenters. The van der Waals surface area contributed by atoms with Crippen LogP contribution >= 0.6 is 11.8 Å². The Labute approximate surface area is 104 Å². The summed E-state index contributed by atoms with van der Waals surface area (Å²) in [6.45, 7) is 0. The number of hydrogen-bond donors (Lipinski definition) is 3. The Kier molecular flexibility index (Phi) is 5.27. The summed E-state index contributed by atoms with van der Waals surface area (Å²) in [7, 11) is 0. The van der Waals surface area contributed by atoms with E-state index in [1.807, 2.05) is 6.26 Å². The summed E-state index contributed by atoms with van der Waals surface area (Å²) in [5.74, 6) is -0.962. The predicted octanol–water partition coefficient (Wildman–Crippen LogP) is -0.412. The zero-order valence-corrected chi connectivity index (χ0v) is 10.4. The summed E-state index contributed by atoms with van der Waals surface area (Å²) in [5, 5.41) is 13.9. The van der Waals surface area contributed by atoms with Crippen LogP contribution in [0, 0.1) is 0 Å². The molecule has 7 heteroatoms. The van der Waals surface area contributed by atoms with Crippen LogP contribution in [0.3, 0.4) is 0 Å². The Balaban J connectivity index is 2.46. The number of hydrogen-bond acceptors (Lipinski definition) is 4. The van der Waals surface area contributed by atoms with Crippen molar-refractivity contribution in [1.82, 2.24) is 10.6 Å². The number of carbonyl (C=O) groups is 3. The molecule has 1 heterocycles. The van der Waals surface area contributed by atoms with Crippen molar-refractivity contribution >= 4 is 29.5 Å². The molecule has 2 amide bonds. The molecule has 1 saturated heterocycles. The van der Waals surface area contributed by atoms with Gasteiger partial charge in [-0.05, 0) is 24.9 Å². The average Bonchev–Trinajstić information content (AvgIpc) is 2.70. The summed E-state index contributed by atoms with van der Waals surface area (Å²) in [5.41, 5.74) is 0. The fourth-order valence-electron chi connectivity index (χ4n) is 1.58. The van der Waals surface area contributed by atoms with E-state index in [0.29, 0.717) is 25.0 Å². The van der Waals surface area contributed by atoms with E-state index in [4.69, 9.17) is 5.11 Å². The molecule has 3 N–H and O–H groups in total. The minimum atomic E-state index is -1.04. The average molecular weight is 260 g/mol. The molecule has 0 aromatic heterocycles. The highest BCUT2D eigenvalue weighted by Crippen LogP contribution is 2.08. The highest BCUT2D eigenvalue weighted by Gasteiger charge is 2.30. The molecule has 1 fully saturated rings. The van der Waals surface area contributed by atoms with Gasteiger partial charge in [-0.1, -0.05) is 0 Å². The number of nitrogens with one attached hydrogen (secondary N) is 2. The van der Waals surface area contributed by atoms with E-state index in [2.05, 4.69) is 10.6 Å². The second-order valence-corrected chi connectivity index (χ2v) is 4.83. The van der Waals surface area contributed by atoms with Gasteiger partial charge in [-0.2, -0.15) is 11.8 Å². The maximum absolute atomic E-state index is 11.7. The molecule has 96 valence electrons. The van der Waals surface area contributed by atoms with E-state index in [1.165, 1.54) is 11.8 Å². The molecule has 0 aromatic carbocycles. The lowest BCUT2D eigenvalue weighted by atomic mass is 10.1. The van der Waals surface area contributed by atoms with Crippen LogP contribution in [-0.4, -0.2) is 47.0 Å². The van der Waals surface area contributed by atoms with Crippen LogP contribution in [0.5, 0.6) is 0 Å². The van der Waals surface area contributed by atoms with E-state index < -0.39 is 24.0 Å². The standard InChI is InChI=1S/C10H16N2O4S/c1-17-5-4-7(10(15)16)12-9(14)6-2-3-8(13)11-6/h6-7H,2-5H2,1H3,(H,11,13)(H,12,14)(H,15,16)/t6-,7+/m0/s1. The van der Waals surface area contributed by atoms with Crippen LogP contribution in [0.4, 0.5) is 0 Å². The first-order valence-electron chi connectivity index (χ1n) is 5.36. The third-order valence-electron chi connectivity index (χ3n) is 2.54. The lowest BCUT2D eigenvalue weighted by Crippen LogP contribution is -2.48. The van der Waals surface area contributed by atoms with Gasteiger partial charge in [-0.25, -0.2) is 4.79 Å². The minimum Gasteiger partial charge on any atom is -0.480 e. The van der Waals surface area contributed by atoms with Crippen molar-refractivity contribution in [3.05, 3.63) is 0 Å². The lowest BCUT2D eigenvalue weighted by Gasteiger charge is -2.16. The monoisotopic (exact) mass is 260 g/mol. The normalized spacial score (nSPS) is 20.8. The predicted molar refractivity (Wildman–Crippen MR) is 63.7 cm³/mol. The maximum Gasteiger partial charge on any atom is 0.326 e. The Hall–Kier alpha value is -1.24. The van der Waals surface area contributed by atoms with Crippen LogP contribution in [-0.2, 0) is 14.4 Å². The quantitative estimate of drug-likeness (QED) is 0.603. The molecule has 6 nitrogen and oxygen atoms in total. The van der Waals surface area contributed by atoms with Crippen LogP contribution in [0.25, 0.3) is 0 Å². The number of thioether (sulfide) groups is 1. The number of carbonyl (C=O) groups excluding carboxylic acids is 2. The fraction of sp³-hybridized carbons (Fsp3) is 0.700. The first-order valence-corrected chi connectivity index (χ1v) is 6.75. The Bertz CT molecular complexity index is 321. The van der Waals surface area contributed by atoms with Crippen molar-refractivity contribution in [1.29, 1.82) is 0 Å². The Morgan fingerprint density at radius 1 is 1.65 bits per heavy atom. The number of carboxylic acid groups (broad SMARTS) is 1. The van der Waals surface area contributed by atoms with Crippen molar-refractivity contribution in [2.75, 3.05) is 12.0 Å². The van der Waals surface area contributed by atoms with E-state index in [-0.39, 0.29) is 5.91 Å². The van der Waals surface area contributed by atoms with Crippen LogP contribution in [0.1, 0.15) is 19.3 Å². The van der Waals surface area contributed by atoms with Crippen molar-refractivity contribution in [3.8, 4) is 0 Å². The molecule has 0 aromatic rings. The number of aliphatic carboxylic acids is 1. The molecule has 0 spiro atoms. The van der Waals surface area contributed by atoms with Gasteiger partial charge in [0.15, 0.2) is 0 Å². The summed E-state index contributed by atoms with van der Waals surface area (Å²) >= 11 is 1.52. The molecular weight excluding hydrogens is 244 g/mol. The molecule has 0 bridgehead atoms. The van der Waals surface area contributed by atoms with Crippen LogP contribution in [0.2, 0.25) is 0 Å². The van der Waals surface area contributed by atoms with Gasteiger partial charge in [0.1, 0.15) is 12.1 Å². The minimum absolute atomic E-state index is 0.166. The third-order valence-corrected chi connectivity index (χ3v) is 3.18. The molecule has 17 heavy (non-hydrogen) atoms. The number of rotatable bonds is 6. The SMILES string of the molecule is CSCC[C@@H](NC(=O)[C@@H]1CCC(=O)N1)C(=O)O. The van der Waals surface area contributed by atoms with E-state index in [1.54, 1.807) is 0 Å². The van der Waals surface area contributed by atoms with Crippen LogP contribution < -0.4 is 10.6 Å². The summed E-state index contributed by atoms with van der Waals surface area (Å²) < 4.78 is 0. The van der Waals surface area contributed by atoms with Gasteiger partial charge in [-0.15, -0.1) is 0 Å². The highest BCUT2D eigenvalue weighted by atomic mass is 32.2. The zero-order valence-electron chi connectivity index (χ0n) is 9.56. The molecule has 0 saturated carbocycles. The van der Waals surface area contributed by atoms with Crippen molar-refractivity contribution in [2.24, 2.45) is 0 Å². The summed E-state index contributed by atoms with van der Waals surface area (Å²) in [6.07, 6.45) is 3.00. The molecule has 0 radical (unpaired) electrons. The largest absolute Gasteiger partial charge is 0.480 e. The van der Waals surface area contributed by atoms with Gasteiger partial charge in [0.25, 0.3) is 0 Å². The van der Waals surface area contributed by atoms with Crippen molar-refractivity contribution in [3.63, 3.8) is 0 Å². The topological polar surface area (TPSA) is 95.5 Å². The van der Waals surface area contributed by atoms with E-state index >= 15 is 0 Å². The van der Waals surface area contributed by atoms with Crippen molar-refractivity contribution in [2.45, 2.75) is 31.3 Å².